The van der Waals surface area contributed by atoms with Gasteiger partial charge in [0, 0.05) is 6.07 Å². The largest absolute Gasteiger partial charge is 0.508 e. The molecule has 0 atom stereocenters. The van der Waals surface area contributed by atoms with Gasteiger partial charge >= 0.3 is 10.2 Å². The first-order valence-electron chi connectivity index (χ1n) is 5.26. The molecule has 0 amide bonds. The molecule has 2 nitrogen and oxygen atoms in total. The van der Waals surface area contributed by atoms with Gasteiger partial charge in [0.15, 0.2) is 0 Å². The van der Waals surface area contributed by atoms with Crippen LogP contribution in [0.4, 0.5) is 19.4 Å². The molecule has 0 aliphatic carbocycles. The van der Waals surface area contributed by atoms with E-state index < -0.39 is 20.9 Å². The van der Waals surface area contributed by atoms with Crippen LogP contribution in [0.2, 0.25) is 0 Å². The molecule has 0 aliphatic rings. The zero-order valence-corrected chi connectivity index (χ0v) is 10.6. The van der Waals surface area contributed by atoms with Crippen molar-refractivity contribution >= 4 is 10.2 Å². The number of hydrogen-bond acceptors (Lipinski definition) is 2. The maximum absolute atomic E-state index is 12.9. The lowest BCUT2D eigenvalue weighted by atomic mass is 10.3. The second kappa shape index (κ2) is 3.78. The summed E-state index contributed by atoms with van der Waals surface area (Å²) in [6.07, 6.45) is 0. The van der Waals surface area contributed by atoms with E-state index in [2.05, 4.69) is 0 Å². The number of para-hydroxylation sites is 1. The van der Waals surface area contributed by atoms with Gasteiger partial charge in [-0.15, -0.1) is 0 Å². The molecule has 20 heavy (non-hydrogen) atoms. The number of aromatic hydroxyl groups is 1. The van der Waals surface area contributed by atoms with Crippen molar-refractivity contribution in [2.24, 2.45) is 0 Å². The van der Waals surface area contributed by atoms with E-state index in [0.717, 1.165) is 24.3 Å². The Morgan fingerprint density at radius 1 is 0.850 bits per heavy atom. The van der Waals surface area contributed by atoms with E-state index in [0.29, 0.717) is 0 Å². The minimum absolute atomic E-state index is 0.181. The van der Waals surface area contributed by atoms with Crippen molar-refractivity contribution in [2.75, 3.05) is 0 Å². The third-order valence-electron chi connectivity index (χ3n) is 2.31. The molecule has 0 aromatic heterocycles. The van der Waals surface area contributed by atoms with Crippen molar-refractivity contribution in [2.45, 2.75) is 4.90 Å². The Labute approximate surface area is 111 Å². The van der Waals surface area contributed by atoms with Gasteiger partial charge in [-0.3, -0.25) is 0 Å². The van der Waals surface area contributed by atoms with Crippen molar-refractivity contribution < 1.29 is 29.3 Å². The standard InChI is InChI=1S/C12H9F5O2S/c13-20(14,15,16,17)12-7-2-1-6-11(12)19-10-5-3-4-9(18)8-10/h1-8,18H. The predicted molar refractivity (Wildman–Crippen MR) is 66.0 cm³/mol. The summed E-state index contributed by atoms with van der Waals surface area (Å²) in [6.45, 7) is 0. The summed E-state index contributed by atoms with van der Waals surface area (Å²) in [4.78, 5) is -2.10. The Bertz CT molecular complexity index is 654. The number of benzene rings is 2. The molecule has 0 saturated heterocycles. The fourth-order valence-corrected chi connectivity index (χ4v) is 2.35. The SMILES string of the molecule is Oc1cccc(Oc2ccccc2S(F)(F)(F)(F)F)c1. The Morgan fingerprint density at radius 2 is 1.50 bits per heavy atom. The van der Waals surface area contributed by atoms with Crippen LogP contribution in [0.3, 0.4) is 0 Å². The van der Waals surface area contributed by atoms with Gasteiger partial charge in [-0.2, -0.15) is 0 Å². The molecular weight excluding hydrogens is 303 g/mol. The lowest BCUT2D eigenvalue weighted by Crippen LogP contribution is -2.07. The molecule has 110 valence electrons. The van der Waals surface area contributed by atoms with Gasteiger partial charge in [0.05, 0.1) is 0 Å². The number of halogens is 5. The normalized spacial score (nSPS) is 15.2. The van der Waals surface area contributed by atoms with Crippen molar-refractivity contribution in [1.82, 2.24) is 0 Å². The molecule has 2 aromatic carbocycles. The molecule has 2 rings (SSSR count). The number of hydrogen-bond donors (Lipinski definition) is 1. The number of rotatable bonds is 3. The summed E-state index contributed by atoms with van der Waals surface area (Å²) < 4.78 is 69.1. The Kier molecular flexibility index (Phi) is 2.73. The van der Waals surface area contributed by atoms with Gasteiger partial charge in [-0.05, 0) is 24.3 Å². The summed E-state index contributed by atoms with van der Waals surface area (Å²) in [5.74, 6) is -1.45. The highest BCUT2D eigenvalue weighted by Gasteiger charge is 2.67. The highest BCUT2D eigenvalue weighted by atomic mass is 32.5. The van der Waals surface area contributed by atoms with E-state index in [1.165, 1.54) is 18.2 Å². The minimum Gasteiger partial charge on any atom is -0.508 e. The van der Waals surface area contributed by atoms with Gasteiger partial charge < -0.3 is 9.84 Å². The van der Waals surface area contributed by atoms with Crippen molar-refractivity contribution in [3.8, 4) is 17.2 Å². The fourth-order valence-electron chi connectivity index (χ4n) is 1.53. The monoisotopic (exact) mass is 312 g/mol. The van der Waals surface area contributed by atoms with Gasteiger partial charge in [-0.1, -0.05) is 37.6 Å². The van der Waals surface area contributed by atoms with E-state index in [9.17, 15) is 24.5 Å². The van der Waals surface area contributed by atoms with Crippen molar-refractivity contribution in [1.29, 1.82) is 0 Å². The summed E-state index contributed by atoms with van der Waals surface area (Å²) in [5.41, 5.74) is 0. The van der Waals surface area contributed by atoms with Crippen molar-refractivity contribution in [3.63, 3.8) is 0 Å². The number of phenols is 1. The molecule has 0 heterocycles. The molecule has 0 fully saturated rings. The molecule has 0 unspecified atom stereocenters. The first-order valence-corrected chi connectivity index (χ1v) is 7.21. The van der Waals surface area contributed by atoms with Crippen LogP contribution >= 0.6 is 10.2 Å². The highest BCUT2D eigenvalue weighted by molar-refractivity contribution is 8.45. The first-order chi connectivity index (χ1) is 8.95. The molecule has 8 heteroatoms. The molecule has 0 saturated carbocycles. The molecule has 0 spiro atoms. The highest BCUT2D eigenvalue weighted by Crippen LogP contribution is 3.03. The minimum atomic E-state index is -9.85. The number of ether oxygens (including phenoxy) is 1. The van der Waals surface area contributed by atoms with Crippen LogP contribution in [0.1, 0.15) is 0 Å². The lowest BCUT2D eigenvalue weighted by molar-refractivity contribution is 0.354. The van der Waals surface area contributed by atoms with Crippen LogP contribution in [-0.2, 0) is 0 Å². The van der Waals surface area contributed by atoms with Gasteiger partial charge in [0.1, 0.15) is 22.1 Å². The zero-order valence-electron chi connectivity index (χ0n) is 9.77. The molecule has 0 aliphatic heterocycles. The van der Waals surface area contributed by atoms with Crippen LogP contribution in [0, 0.1) is 0 Å². The lowest BCUT2D eigenvalue weighted by Gasteiger charge is -2.41. The predicted octanol–water partition coefficient (Wildman–Crippen LogP) is 5.84. The Hall–Kier alpha value is -1.96. The van der Waals surface area contributed by atoms with Crippen LogP contribution in [0.5, 0.6) is 17.2 Å². The Balaban J connectivity index is 2.50. The van der Waals surface area contributed by atoms with Gasteiger partial charge in [0.2, 0.25) is 0 Å². The van der Waals surface area contributed by atoms with E-state index in [-0.39, 0.29) is 17.6 Å². The third-order valence-corrected chi connectivity index (χ3v) is 3.48. The van der Waals surface area contributed by atoms with E-state index in [1.807, 2.05) is 0 Å². The van der Waals surface area contributed by atoms with Crippen LogP contribution in [-0.4, -0.2) is 5.11 Å². The average Bonchev–Trinajstić information content (AvgIpc) is 2.26. The topological polar surface area (TPSA) is 29.5 Å². The third kappa shape index (κ3) is 3.32. The zero-order chi connectivity index (χ0) is 15.1. The number of phenolic OH excluding ortho intramolecular Hbond substituents is 1. The van der Waals surface area contributed by atoms with Gasteiger partial charge in [0.25, 0.3) is 0 Å². The average molecular weight is 312 g/mol. The second-order valence-corrected chi connectivity index (χ2v) is 6.39. The van der Waals surface area contributed by atoms with Crippen LogP contribution in [0.25, 0.3) is 0 Å². The maximum atomic E-state index is 12.9. The molecule has 2 aromatic rings. The quantitative estimate of drug-likeness (QED) is 0.721. The first kappa shape index (κ1) is 14.4. The maximum Gasteiger partial charge on any atom is 0.313 e. The summed E-state index contributed by atoms with van der Waals surface area (Å²) in [6, 6.07) is 7.88. The van der Waals surface area contributed by atoms with E-state index in [1.54, 1.807) is 0 Å². The molecule has 0 bridgehead atoms. The summed E-state index contributed by atoms with van der Waals surface area (Å²) in [5, 5.41) is 9.18. The molecule has 0 radical (unpaired) electrons. The van der Waals surface area contributed by atoms with E-state index in [4.69, 9.17) is 4.74 Å². The van der Waals surface area contributed by atoms with Gasteiger partial charge in [-0.25, -0.2) is 0 Å². The fraction of sp³-hybridized carbons (Fsp3) is 0. The molecular formula is C12H9F5O2S. The second-order valence-electron chi connectivity index (χ2n) is 4.02. The smallest absolute Gasteiger partial charge is 0.313 e. The van der Waals surface area contributed by atoms with Crippen LogP contribution < -0.4 is 4.74 Å². The molecule has 1 N–H and O–H groups in total. The van der Waals surface area contributed by atoms with Crippen molar-refractivity contribution in [3.05, 3.63) is 48.5 Å². The summed E-state index contributed by atoms with van der Waals surface area (Å²) >= 11 is 0. The Morgan fingerprint density at radius 3 is 2.10 bits per heavy atom. The van der Waals surface area contributed by atoms with Crippen LogP contribution in [0.15, 0.2) is 53.4 Å². The summed E-state index contributed by atoms with van der Waals surface area (Å²) in [7, 11) is -9.85. The van der Waals surface area contributed by atoms with E-state index >= 15 is 0 Å².